The molecule has 1 fully saturated rings. The second-order valence-corrected chi connectivity index (χ2v) is 6.89. The molecule has 2 aliphatic rings. The van der Waals surface area contributed by atoms with E-state index in [9.17, 15) is 4.79 Å². The van der Waals surface area contributed by atoms with Crippen LogP contribution in [0.3, 0.4) is 0 Å². The van der Waals surface area contributed by atoms with Gasteiger partial charge < -0.3 is 10.6 Å². The minimum Gasteiger partial charge on any atom is -0.348 e. The number of rotatable bonds is 4. The minimum atomic E-state index is 0.00864. The number of aryl methyl sites for hydroxylation is 1. The molecule has 0 saturated heterocycles. The Morgan fingerprint density at radius 3 is 2.96 bits per heavy atom. The molecule has 0 radical (unpaired) electrons. The molecule has 124 valence electrons. The number of nitrogens with zero attached hydrogens (tertiary/aromatic N) is 1. The monoisotopic (exact) mass is 321 g/mol. The van der Waals surface area contributed by atoms with Crippen LogP contribution in [0.1, 0.15) is 46.8 Å². The second kappa shape index (κ2) is 6.36. The Balaban J connectivity index is 1.64. The number of carbonyl (C=O) groups is 1. The molecular weight excluding hydrogens is 298 g/mol. The standard InChI is InChI=1S/C20H23N3O/c1-13-2-5-18-16(10-13)17(11-19(23-18)15-3-4-15)20(24)22-12-14-6-8-21-9-7-14/h2,5-6,10-11,15,21H,3-4,7-9,12H2,1H3,(H,22,24). The van der Waals surface area contributed by atoms with E-state index in [1.54, 1.807) is 0 Å². The molecule has 1 aliphatic heterocycles. The van der Waals surface area contributed by atoms with Crippen molar-refractivity contribution in [3.63, 3.8) is 0 Å². The maximum atomic E-state index is 12.8. The van der Waals surface area contributed by atoms with Gasteiger partial charge in [0.1, 0.15) is 0 Å². The predicted octanol–water partition coefficient (Wildman–Crippen LogP) is 3.07. The van der Waals surface area contributed by atoms with Gasteiger partial charge in [0.15, 0.2) is 0 Å². The molecule has 4 rings (SSSR count). The summed E-state index contributed by atoms with van der Waals surface area (Å²) in [5, 5.41) is 7.35. The molecule has 2 heterocycles. The van der Waals surface area contributed by atoms with Gasteiger partial charge in [-0.15, -0.1) is 0 Å². The van der Waals surface area contributed by atoms with Crippen LogP contribution in [0, 0.1) is 6.92 Å². The highest BCUT2D eigenvalue weighted by Crippen LogP contribution is 2.40. The maximum Gasteiger partial charge on any atom is 0.252 e. The number of pyridine rings is 1. The van der Waals surface area contributed by atoms with E-state index in [2.05, 4.69) is 35.8 Å². The first-order chi connectivity index (χ1) is 11.7. The molecule has 0 unspecified atom stereocenters. The smallest absolute Gasteiger partial charge is 0.252 e. The van der Waals surface area contributed by atoms with Crippen LogP contribution in [0.25, 0.3) is 10.9 Å². The largest absolute Gasteiger partial charge is 0.348 e. The lowest BCUT2D eigenvalue weighted by molar-refractivity contribution is 0.0958. The fourth-order valence-corrected chi connectivity index (χ4v) is 3.26. The van der Waals surface area contributed by atoms with Crippen LogP contribution in [-0.4, -0.2) is 30.5 Å². The topological polar surface area (TPSA) is 54.0 Å². The van der Waals surface area contributed by atoms with Crippen LogP contribution in [0.4, 0.5) is 0 Å². The molecule has 4 nitrogen and oxygen atoms in total. The lowest BCUT2D eigenvalue weighted by Gasteiger charge is -2.15. The van der Waals surface area contributed by atoms with Crippen molar-refractivity contribution in [2.45, 2.75) is 32.1 Å². The highest BCUT2D eigenvalue weighted by atomic mass is 16.1. The normalized spacial score (nSPS) is 17.6. The summed E-state index contributed by atoms with van der Waals surface area (Å²) >= 11 is 0. The Morgan fingerprint density at radius 2 is 2.21 bits per heavy atom. The van der Waals surface area contributed by atoms with E-state index in [0.717, 1.165) is 47.2 Å². The summed E-state index contributed by atoms with van der Waals surface area (Å²) in [7, 11) is 0. The van der Waals surface area contributed by atoms with Crippen molar-refractivity contribution in [1.29, 1.82) is 0 Å². The van der Waals surface area contributed by atoms with Gasteiger partial charge >= 0.3 is 0 Å². The van der Waals surface area contributed by atoms with Crippen LogP contribution < -0.4 is 10.6 Å². The molecule has 24 heavy (non-hydrogen) atoms. The number of hydrogen-bond donors (Lipinski definition) is 2. The first-order valence-electron chi connectivity index (χ1n) is 8.79. The van der Waals surface area contributed by atoms with Gasteiger partial charge in [-0.1, -0.05) is 23.3 Å². The molecule has 4 heteroatoms. The molecule has 0 atom stereocenters. The van der Waals surface area contributed by atoms with E-state index in [1.807, 2.05) is 12.1 Å². The molecule has 1 saturated carbocycles. The number of fused-ring (bicyclic) bond motifs is 1. The molecule has 1 aliphatic carbocycles. The van der Waals surface area contributed by atoms with Gasteiger partial charge in [0.2, 0.25) is 0 Å². The van der Waals surface area contributed by atoms with E-state index >= 15 is 0 Å². The van der Waals surface area contributed by atoms with Crippen LogP contribution in [0.5, 0.6) is 0 Å². The van der Waals surface area contributed by atoms with Gasteiger partial charge in [-0.3, -0.25) is 9.78 Å². The van der Waals surface area contributed by atoms with Gasteiger partial charge in [-0.05, 0) is 50.9 Å². The zero-order valence-corrected chi connectivity index (χ0v) is 14.1. The van der Waals surface area contributed by atoms with Crippen molar-refractivity contribution >= 4 is 16.8 Å². The molecule has 0 bridgehead atoms. The quantitative estimate of drug-likeness (QED) is 0.851. The first kappa shape index (κ1) is 15.3. The maximum absolute atomic E-state index is 12.8. The average Bonchev–Trinajstić information content (AvgIpc) is 3.45. The van der Waals surface area contributed by atoms with Crippen molar-refractivity contribution in [3.05, 3.63) is 52.7 Å². The zero-order chi connectivity index (χ0) is 16.5. The lowest BCUT2D eigenvalue weighted by atomic mass is 10.0. The second-order valence-electron chi connectivity index (χ2n) is 6.89. The van der Waals surface area contributed by atoms with Gasteiger partial charge in [0.25, 0.3) is 5.91 Å². The molecule has 1 aromatic heterocycles. The third kappa shape index (κ3) is 3.20. The molecule has 1 amide bonds. The van der Waals surface area contributed by atoms with Gasteiger partial charge in [-0.25, -0.2) is 0 Å². The van der Waals surface area contributed by atoms with Crippen LogP contribution in [0.15, 0.2) is 35.9 Å². The third-order valence-electron chi connectivity index (χ3n) is 4.86. The Kier molecular flexibility index (Phi) is 4.07. The number of carbonyl (C=O) groups excluding carboxylic acids is 1. The summed E-state index contributed by atoms with van der Waals surface area (Å²) in [4.78, 5) is 17.6. The first-order valence-corrected chi connectivity index (χ1v) is 8.79. The lowest BCUT2D eigenvalue weighted by Crippen LogP contribution is -2.29. The summed E-state index contributed by atoms with van der Waals surface area (Å²) in [5.41, 5.74) is 5.21. The Labute approximate surface area is 142 Å². The van der Waals surface area contributed by atoms with E-state index in [4.69, 9.17) is 4.98 Å². The molecular formula is C20H23N3O. The zero-order valence-electron chi connectivity index (χ0n) is 14.1. The number of hydrogen-bond acceptors (Lipinski definition) is 3. The van der Waals surface area contributed by atoms with E-state index in [0.29, 0.717) is 12.5 Å². The molecule has 1 aromatic carbocycles. The van der Waals surface area contributed by atoms with Gasteiger partial charge in [0, 0.05) is 30.1 Å². The van der Waals surface area contributed by atoms with Crippen LogP contribution in [0.2, 0.25) is 0 Å². The SMILES string of the molecule is Cc1ccc2nc(C3CC3)cc(C(=O)NCC3=CCNCC3)c2c1. The van der Waals surface area contributed by atoms with E-state index in [-0.39, 0.29) is 5.91 Å². The number of aromatic nitrogens is 1. The third-order valence-corrected chi connectivity index (χ3v) is 4.86. The van der Waals surface area contributed by atoms with Crippen molar-refractivity contribution in [2.75, 3.05) is 19.6 Å². The summed E-state index contributed by atoms with van der Waals surface area (Å²) in [6, 6.07) is 8.17. The molecule has 2 N–H and O–H groups in total. The summed E-state index contributed by atoms with van der Waals surface area (Å²) in [6.45, 7) is 4.57. The van der Waals surface area contributed by atoms with Crippen LogP contribution in [-0.2, 0) is 0 Å². The Bertz CT molecular complexity index is 821. The van der Waals surface area contributed by atoms with Crippen LogP contribution >= 0.6 is 0 Å². The highest BCUT2D eigenvalue weighted by Gasteiger charge is 2.27. The van der Waals surface area contributed by atoms with E-state index in [1.165, 1.54) is 18.4 Å². The Hall–Kier alpha value is -2.20. The Morgan fingerprint density at radius 1 is 1.33 bits per heavy atom. The van der Waals surface area contributed by atoms with Gasteiger partial charge in [-0.2, -0.15) is 0 Å². The predicted molar refractivity (Wildman–Crippen MR) is 96.4 cm³/mol. The van der Waals surface area contributed by atoms with E-state index < -0.39 is 0 Å². The number of benzene rings is 1. The summed E-state index contributed by atoms with van der Waals surface area (Å²) < 4.78 is 0. The molecule has 0 spiro atoms. The number of nitrogens with one attached hydrogen (secondary N) is 2. The highest BCUT2D eigenvalue weighted by molar-refractivity contribution is 6.06. The van der Waals surface area contributed by atoms with Crippen molar-refractivity contribution < 1.29 is 4.79 Å². The van der Waals surface area contributed by atoms with Crippen molar-refractivity contribution in [3.8, 4) is 0 Å². The molecule has 2 aromatic rings. The minimum absolute atomic E-state index is 0.00864. The van der Waals surface area contributed by atoms with Crippen molar-refractivity contribution in [1.82, 2.24) is 15.6 Å². The van der Waals surface area contributed by atoms with Gasteiger partial charge in [0.05, 0.1) is 11.1 Å². The summed E-state index contributed by atoms with van der Waals surface area (Å²) in [5.74, 6) is 0.545. The fourth-order valence-electron chi connectivity index (χ4n) is 3.26. The summed E-state index contributed by atoms with van der Waals surface area (Å²) in [6.07, 6.45) is 5.55. The fraction of sp³-hybridized carbons (Fsp3) is 0.400. The average molecular weight is 321 g/mol. The number of amides is 1. The van der Waals surface area contributed by atoms with Crippen molar-refractivity contribution in [2.24, 2.45) is 0 Å².